The summed E-state index contributed by atoms with van der Waals surface area (Å²) in [5, 5.41) is 0.421. The number of halogens is 1. The molecular formula is C13H17ClN2O. The van der Waals surface area contributed by atoms with Crippen molar-refractivity contribution in [2.45, 2.75) is 13.8 Å². The zero-order chi connectivity index (χ0) is 13.0. The van der Waals surface area contributed by atoms with Crippen molar-refractivity contribution >= 4 is 23.2 Å². The number of benzene rings is 1. The van der Waals surface area contributed by atoms with Crippen molar-refractivity contribution in [1.29, 1.82) is 0 Å². The molecule has 1 aromatic rings. The van der Waals surface area contributed by atoms with E-state index in [9.17, 15) is 4.79 Å². The maximum atomic E-state index is 12.2. The van der Waals surface area contributed by atoms with E-state index in [1.807, 2.05) is 13.8 Å². The first-order valence-electron chi connectivity index (χ1n) is 5.44. The highest BCUT2D eigenvalue weighted by molar-refractivity contribution is 6.34. The molecule has 0 aliphatic heterocycles. The van der Waals surface area contributed by atoms with Crippen LogP contribution < -0.4 is 5.73 Å². The Bertz CT molecular complexity index is 443. The van der Waals surface area contributed by atoms with Crippen LogP contribution in [-0.2, 0) is 0 Å². The Balaban J connectivity index is 3.01. The van der Waals surface area contributed by atoms with Crippen LogP contribution in [0.1, 0.15) is 24.2 Å². The van der Waals surface area contributed by atoms with E-state index in [1.165, 1.54) is 0 Å². The highest BCUT2D eigenvalue weighted by atomic mass is 35.5. The third-order valence-electron chi connectivity index (χ3n) is 2.35. The van der Waals surface area contributed by atoms with Crippen LogP contribution in [0.2, 0.25) is 5.02 Å². The largest absolute Gasteiger partial charge is 0.399 e. The minimum atomic E-state index is -0.118. The average Bonchev–Trinajstić information content (AvgIpc) is 2.28. The SMILES string of the molecule is C=C(C)CN(CC)C(=O)c1cc(N)ccc1Cl. The average molecular weight is 253 g/mol. The van der Waals surface area contributed by atoms with Gasteiger partial charge in [-0.3, -0.25) is 4.79 Å². The summed E-state index contributed by atoms with van der Waals surface area (Å²) in [5.41, 5.74) is 7.56. The molecule has 0 aliphatic rings. The summed E-state index contributed by atoms with van der Waals surface area (Å²) < 4.78 is 0. The first-order valence-corrected chi connectivity index (χ1v) is 5.82. The standard InChI is InChI=1S/C13H17ClN2O/c1-4-16(8-9(2)3)13(17)11-7-10(15)5-6-12(11)14/h5-7H,2,4,8,15H2,1,3H3. The fraction of sp³-hybridized carbons (Fsp3) is 0.308. The minimum Gasteiger partial charge on any atom is -0.399 e. The van der Waals surface area contributed by atoms with Crippen molar-refractivity contribution in [3.05, 3.63) is 40.9 Å². The monoisotopic (exact) mass is 252 g/mol. The number of anilines is 1. The van der Waals surface area contributed by atoms with Crippen LogP contribution in [0.4, 0.5) is 5.69 Å². The van der Waals surface area contributed by atoms with Crippen LogP contribution >= 0.6 is 11.6 Å². The molecule has 0 spiro atoms. The molecule has 1 amide bonds. The minimum absolute atomic E-state index is 0.118. The zero-order valence-corrected chi connectivity index (χ0v) is 10.9. The summed E-state index contributed by atoms with van der Waals surface area (Å²) in [6.45, 7) is 8.75. The Morgan fingerprint density at radius 1 is 1.53 bits per heavy atom. The quantitative estimate of drug-likeness (QED) is 0.662. The van der Waals surface area contributed by atoms with Crippen molar-refractivity contribution in [3.63, 3.8) is 0 Å². The third kappa shape index (κ3) is 3.49. The summed E-state index contributed by atoms with van der Waals surface area (Å²) in [7, 11) is 0. The number of carbonyl (C=O) groups excluding carboxylic acids is 1. The van der Waals surface area contributed by atoms with Gasteiger partial charge < -0.3 is 10.6 Å². The molecule has 0 radical (unpaired) electrons. The lowest BCUT2D eigenvalue weighted by Gasteiger charge is -2.21. The molecule has 17 heavy (non-hydrogen) atoms. The van der Waals surface area contributed by atoms with Crippen molar-refractivity contribution in [2.75, 3.05) is 18.8 Å². The number of likely N-dealkylation sites (N-methyl/N-ethyl adjacent to an activating group) is 1. The summed E-state index contributed by atoms with van der Waals surface area (Å²) >= 11 is 6.00. The molecule has 0 saturated heterocycles. The Morgan fingerprint density at radius 3 is 2.71 bits per heavy atom. The zero-order valence-electron chi connectivity index (χ0n) is 10.2. The van der Waals surface area contributed by atoms with Crippen LogP contribution in [0.5, 0.6) is 0 Å². The van der Waals surface area contributed by atoms with Gasteiger partial charge in [-0.05, 0) is 32.0 Å². The maximum Gasteiger partial charge on any atom is 0.255 e. The Morgan fingerprint density at radius 2 is 2.18 bits per heavy atom. The van der Waals surface area contributed by atoms with Crippen molar-refractivity contribution in [1.82, 2.24) is 4.90 Å². The molecule has 2 N–H and O–H groups in total. The predicted molar refractivity (Wildman–Crippen MR) is 72.3 cm³/mol. The lowest BCUT2D eigenvalue weighted by molar-refractivity contribution is 0.0778. The van der Waals surface area contributed by atoms with Crippen LogP contribution in [0.3, 0.4) is 0 Å². The molecule has 1 aromatic carbocycles. The molecule has 1 rings (SSSR count). The second kappa shape index (κ2) is 5.73. The molecule has 92 valence electrons. The summed E-state index contributed by atoms with van der Waals surface area (Å²) in [5.74, 6) is -0.118. The van der Waals surface area contributed by atoms with Gasteiger partial charge >= 0.3 is 0 Å². The number of nitrogens with zero attached hydrogens (tertiary/aromatic N) is 1. The normalized spacial score (nSPS) is 10.1. The second-order valence-electron chi connectivity index (χ2n) is 4.02. The molecule has 0 heterocycles. The van der Waals surface area contributed by atoms with Gasteiger partial charge in [0.2, 0.25) is 0 Å². The van der Waals surface area contributed by atoms with E-state index >= 15 is 0 Å². The molecule has 0 atom stereocenters. The molecule has 0 saturated carbocycles. The predicted octanol–water partition coefficient (Wildman–Crippen LogP) is 2.96. The molecule has 0 unspecified atom stereocenters. The number of nitrogen functional groups attached to an aromatic ring is 1. The first-order chi connectivity index (χ1) is 7.95. The number of hydrogen-bond acceptors (Lipinski definition) is 2. The summed E-state index contributed by atoms with van der Waals surface area (Å²) in [6.07, 6.45) is 0. The van der Waals surface area contributed by atoms with Crippen LogP contribution in [-0.4, -0.2) is 23.9 Å². The number of hydrogen-bond donors (Lipinski definition) is 1. The Kier molecular flexibility index (Phi) is 4.58. The van der Waals surface area contributed by atoms with Gasteiger partial charge in [-0.15, -0.1) is 0 Å². The van der Waals surface area contributed by atoms with Crippen LogP contribution in [0, 0.1) is 0 Å². The summed E-state index contributed by atoms with van der Waals surface area (Å²) in [6, 6.07) is 4.92. The van der Waals surface area contributed by atoms with Gasteiger partial charge in [-0.2, -0.15) is 0 Å². The molecular weight excluding hydrogens is 236 g/mol. The molecule has 0 fully saturated rings. The maximum absolute atomic E-state index is 12.2. The van der Waals surface area contributed by atoms with E-state index < -0.39 is 0 Å². The topological polar surface area (TPSA) is 46.3 Å². The Labute approximate surface area is 107 Å². The van der Waals surface area contributed by atoms with E-state index in [2.05, 4.69) is 6.58 Å². The van der Waals surface area contributed by atoms with Gasteiger partial charge in [0.1, 0.15) is 0 Å². The third-order valence-corrected chi connectivity index (χ3v) is 2.68. The summed E-state index contributed by atoms with van der Waals surface area (Å²) in [4.78, 5) is 13.9. The smallest absolute Gasteiger partial charge is 0.255 e. The van der Waals surface area contributed by atoms with Gasteiger partial charge in [-0.25, -0.2) is 0 Å². The van der Waals surface area contributed by atoms with E-state index in [0.29, 0.717) is 29.4 Å². The van der Waals surface area contributed by atoms with Gasteiger partial charge in [0.25, 0.3) is 5.91 Å². The number of rotatable bonds is 4. The van der Waals surface area contributed by atoms with Gasteiger partial charge in [0, 0.05) is 18.8 Å². The van der Waals surface area contributed by atoms with E-state index in [-0.39, 0.29) is 5.91 Å². The van der Waals surface area contributed by atoms with E-state index in [0.717, 1.165) is 5.57 Å². The Hall–Kier alpha value is -1.48. The van der Waals surface area contributed by atoms with Crippen molar-refractivity contribution < 1.29 is 4.79 Å². The van der Waals surface area contributed by atoms with Crippen molar-refractivity contribution in [3.8, 4) is 0 Å². The molecule has 0 aromatic heterocycles. The fourth-order valence-corrected chi connectivity index (χ4v) is 1.73. The molecule has 3 nitrogen and oxygen atoms in total. The van der Waals surface area contributed by atoms with Gasteiger partial charge in [0.05, 0.1) is 10.6 Å². The highest BCUT2D eigenvalue weighted by Crippen LogP contribution is 2.20. The van der Waals surface area contributed by atoms with Crippen LogP contribution in [0.15, 0.2) is 30.4 Å². The number of amides is 1. The van der Waals surface area contributed by atoms with Gasteiger partial charge in [0.15, 0.2) is 0 Å². The van der Waals surface area contributed by atoms with E-state index in [4.69, 9.17) is 17.3 Å². The highest BCUT2D eigenvalue weighted by Gasteiger charge is 2.17. The van der Waals surface area contributed by atoms with E-state index in [1.54, 1.807) is 23.1 Å². The lowest BCUT2D eigenvalue weighted by Crippen LogP contribution is -2.32. The lowest BCUT2D eigenvalue weighted by atomic mass is 10.1. The second-order valence-corrected chi connectivity index (χ2v) is 4.42. The fourth-order valence-electron chi connectivity index (χ4n) is 1.53. The van der Waals surface area contributed by atoms with Crippen LogP contribution in [0.25, 0.3) is 0 Å². The van der Waals surface area contributed by atoms with Gasteiger partial charge in [-0.1, -0.05) is 23.8 Å². The first kappa shape index (κ1) is 13.6. The number of carbonyl (C=O) groups is 1. The molecule has 0 bridgehead atoms. The van der Waals surface area contributed by atoms with Crippen molar-refractivity contribution in [2.24, 2.45) is 0 Å². The molecule has 0 aliphatic carbocycles. The number of nitrogens with two attached hydrogens (primary N) is 1. The molecule has 4 heteroatoms.